The van der Waals surface area contributed by atoms with E-state index in [1.807, 2.05) is 0 Å². The zero-order valence-corrected chi connectivity index (χ0v) is 10.4. The number of rotatable bonds is 1. The Kier molecular flexibility index (Phi) is 2.36. The molecule has 0 radical (unpaired) electrons. The van der Waals surface area contributed by atoms with Crippen LogP contribution in [0, 0.1) is 0 Å². The highest BCUT2D eigenvalue weighted by atomic mass is 32.2. The fraction of sp³-hybridized carbons (Fsp3) is 0.231. The van der Waals surface area contributed by atoms with Crippen LogP contribution in [0.15, 0.2) is 52.0 Å². The first kappa shape index (κ1) is 11.5. The number of fused-ring (bicyclic) bond motifs is 1. The van der Waals surface area contributed by atoms with E-state index in [0.29, 0.717) is 11.3 Å². The molecule has 0 spiro atoms. The number of sulfone groups is 1. The van der Waals surface area contributed by atoms with Crippen LogP contribution in [0.25, 0.3) is 0 Å². The number of benzene rings is 1. The second kappa shape index (κ2) is 3.70. The van der Waals surface area contributed by atoms with Gasteiger partial charge in [0.2, 0.25) is 0 Å². The SMILES string of the molecule is O=S1(=O)CCC(O)(c2ccco2)c2ccccc21. The van der Waals surface area contributed by atoms with E-state index in [0.717, 1.165) is 0 Å². The third-order valence-corrected chi connectivity index (χ3v) is 5.10. The molecule has 3 rings (SSSR count). The molecule has 1 aromatic carbocycles. The van der Waals surface area contributed by atoms with E-state index < -0.39 is 15.4 Å². The highest BCUT2D eigenvalue weighted by molar-refractivity contribution is 7.91. The van der Waals surface area contributed by atoms with Crippen LogP contribution in [-0.2, 0) is 15.4 Å². The minimum absolute atomic E-state index is 0.0821. The molecule has 0 fully saturated rings. The first-order valence-corrected chi connectivity index (χ1v) is 7.28. The van der Waals surface area contributed by atoms with Crippen molar-refractivity contribution in [2.24, 2.45) is 0 Å². The lowest BCUT2D eigenvalue weighted by atomic mass is 9.88. The highest BCUT2D eigenvalue weighted by Gasteiger charge is 2.43. The predicted octanol–water partition coefficient (Wildman–Crippen LogP) is 1.69. The molecule has 1 atom stereocenters. The van der Waals surface area contributed by atoms with Gasteiger partial charge < -0.3 is 9.52 Å². The summed E-state index contributed by atoms with van der Waals surface area (Å²) in [6, 6.07) is 9.87. The van der Waals surface area contributed by atoms with Crippen molar-refractivity contribution in [1.29, 1.82) is 0 Å². The molecule has 0 amide bonds. The van der Waals surface area contributed by atoms with Crippen LogP contribution in [0.4, 0.5) is 0 Å². The summed E-state index contributed by atoms with van der Waals surface area (Å²) < 4.78 is 29.2. The summed E-state index contributed by atoms with van der Waals surface area (Å²) in [4.78, 5) is 0.190. The summed E-state index contributed by atoms with van der Waals surface area (Å²) in [6.45, 7) is 0. The molecule has 2 aromatic rings. The van der Waals surface area contributed by atoms with Gasteiger partial charge in [-0.25, -0.2) is 8.42 Å². The summed E-state index contributed by atoms with van der Waals surface area (Å²) >= 11 is 0. The van der Waals surface area contributed by atoms with E-state index in [4.69, 9.17) is 4.42 Å². The van der Waals surface area contributed by atoms with Gasteiger partial charge in [-0.15, -0.1) is 0 Å². The molecule has 1 aliphatic heterocycles. The van der Waals surface area contributed by atoms with Gasteiger partial charge in [0, 0.05) is 12.0 Å². The van der Waals surface area contributed by atoms with E-state index >= 15 is 0 Å². The fourth-order valence-corrected chi connectivity index (χ4v) is 4.02. The number of furan rings is 1. The quantitative estimate of drug-likeness (QED) is 0.851. The van der Waals surface area contributed by atoms with E-state index in [1.165, 1.54) is 12.3 Å². The van der Waals surface area contributed by atoms with Crippen molar-refractivity contribution in [3.05, 3.63) is 54.0 Å². The third-order valence-electron chi connectivity index (χ3n) is 3.33. The van der Waals surface area contributed by atoms with Crippen LogP contribution >= 0.6 is 0 Å². The average molecular weight is 264 g/mol. The van der Waals surface area contributed by atoms with Gasteiger partial charge in [0.25, 0.3) is 0 Å². The van der Waals surface area contributed by atoms with Crippen molar-refractivity contribution in [3.63, 3.8) is 0 Å². The predicted molar refractivity (Wildman–Crippen MR) is 64.8 cm³/mol. The molecule has 1 aromatic heterocycles. The molecule has 0 saturated heterocycles. The average Bonchev–Trinajstić information content (AvgIpc) is 2.89. The summed E-state index contributed by atoms with van der Waals surface area (Å²) in [7, 11) is -3.31. The molecule has 2 heterocycles. The summed E-state index contributed by atoms with van der Waals surface area (Å²) in [6.07, 6.45) is 1.58. The van der Waals surface area contributed by atoms with Gasteiger partial charge in [0.1, 0.15) is 11.4 Å². The Morgan fingerprint density at radius 1 is 1.17 bits per heavy atom. The number of aliphatic hydroxyl groups is 1. The van der Waals surface area contributed by atoms with Crippen LogP contribution < -0.4 is 0 Å². The minimum Gasteiger partial charge on any atom is -0.466 e. The van der Waals surface area contributed by atoms with Crippen LogP contribution in [0.5, 0.6) is 0 Å². The van der Waals surface area contributed by atoms with Crippen molar-refractivity contribution in [1.82, 2.24) is 0 Å². The third kappa shape index (κ3) is 1.51. The van der Waals surface area contributed by atoms with Gasteiger partial charge in [-0.05, 0) is 18.2 Å². The molecular weight excluding hydrogens is 252 g/mol. The lowest BCUT2D eigenvalue weighted by Gasteiger charge is -2.32. The highest BCUT2D eigenvalue weighted by Crippen LogP contribution is 2.41. The Morgan fingerprint density at radius 3 is 2.67 bits per heavy atom. The standard InChI is InChI=1S/C13H12O4S/c14-13(12-6-3-8-17-12)7-9-18(15,16)11-5-2-1-4-10(11)13/h1-6,8,14H,7,9H2. The number of hydrogen-bond acceptors (Lipinski definition) is 4. The Hall–Kier alpha value is -1.59. The van der Waals surface area contributed by atoms with Gasteiger partial charge in [-0.2, -0.15) is 0 Å². The first-order chi connectivity index (χ1) is 8.54. The van der Waals surface area contributed by atoms with Gasteiger partial charge in [-0.1, -0.05) is 18.2 Å². The molecule has 0 aliphatic carbocycles. The van der Waals surface area contributed by atoms with E-state index in [2.05, 4.69) is 0 Å². The minimum atomic E-state index is -3.31. The van der Waals surface area contributed by atoms with E-state index in [-0.39, 0.29) is 17.1 Å². The van der Waals surface area contributed by atoms with E-state index in [9.17, 15) is 13.5 Å². The maximum absolute atomic E-state index is 12.0. The topological polar surface area (TPSA) is 67.5 Å². The Labute approximate surface area is 105 Å². The molecule has 94 valence electrons. The van der Waals surface area contributed by atoms with Gasteiger partial charge in [0.15, 0.2) is 9.84 Å². The second-order valence-electron chi connectivity index (χ2n) is 4.40. The summed E-state index contributed by atoms with van der Waals surface area (Å²) in [5.74, 6) is 0.297. The normalized spacial score (nSPS) is 25.6. The smallest absolute Gasteiger partial charge is 0.178 e. The molecule has 1 N–H and O–H groups in total. The maximum Gasteiger partial charge on any atom is 0.178 e. The zero-order chi connectivity index (χ0) is 12.8. The monoisotopic (exact) mass is 264 g/mol. The lowest BCUT2D eigenvalue weighted by Crippen LogP contribution is -2.36. The van der Waals surface area contributed by atoms with Crippen molar-refractivity contribution in [2.75, 3.05) is 5.75 Å². The van der Waals surface area contributed by atoms with E-state index in [1.54, 1.807) is 30.3 Å². The molecule has 0 saturated carbocycles. The van der Waals surface area contributed by atoms with Crippen molar-refractivity contribution in [3.8, 4) is 0 Å². The molecular formula is C13H12O4S. The van der Waals surface area contributed by atoms with Crippen LogP contribution in [0.1, 0.15) is 17.7 Å². The lowest BCUT2D eigenvalue weighted by molar-refractivity contribution is 0.0484. The van der Waals surface area contributed by atoms with Gasteiger partial charge in [-0.3, -0.25) is 0 Å². The van der Waals surface area contributed by atoms with Gasteiger partial charge in [0.05, 0.1) is 16.9 Å². The first-order valence-electron chi connectivity index (χ1n) is 5.63. The molecule has 0 bridgehead atoms. The summed E-state index contributed by atoms with van der Waals surface area (Å²) in [5, 5.41) is 10.8. The van der Waals surface area contributed by atoms with Crippen LogP contribution in [-0.4, -0.2) is 19.3 Å². The van der Waals surface area contributed by atoms with Crippen molar-refractivity contribution >= 4 is 9.84 Å². The molecule has 1 aliphatic rings. The molecule has 5 heteroatoms. The van der Waals surface area contributed by atoms with Crippen molar-refractivity contribution < 1.29 is 17.9 Å². The van der Waals surface area contributed by atoms with Crippen LogP contribution in [0.2, 0.25) is 0 Å². The largest absolute Gasteiger partial charge is 0.466 e. The summed E-state index contributed by atoms with van der Waals surface area (Å²) in [5.41, 5.74) is -0.961. The Bertz CT molecular complexity index is 673. The Morgan fingerprint density at radius 2 is 1.94 bits per heavy atom. The fourth-order valence-electron chi connectivity index (χ4n) is 2.38. The van der Waals surface area contributed by atoms with Crippen molar-refractivity contribution in [2.45, 2.75) is 16.9 Å². The van der Waals surface area contributed by atoms with Crippen LogP contribution in [0.3, 0.4) is 0 Å². The number of hydrogen-bond donors (Lipinski definition) is 1. The second-order valence-corrected chi connectivity index (χ2v) is 6.48. The molecule has 1 unspecified atom stereocenters. The zero-order valence-electron chi connectivity index (χ0n) is 9.54. The molecule has 4 nitrogen and oxygen atoms in total. The maximum atomic E-state index is 12.0. The Balaban J connectivity index is 2.28. The molecule has 18 heavy (non-hydrogen) atoms. The van der Waals surface area contributed by atoms with Gasteiger partial charge >= 0.3 is 0 Å².